The van der Waals surface area contributed by atoms with Gasteiger partial charge in [0.2, 0.25) is 5.91 Å². The SMILES string of the molecule is O=C(Cn1c2c(sc1=O)[C@@H](c1cccc(Br)c1)C1C3CCC(C3)C1S2)Nc1cccc2ccccc12. The molecule has 2 bridgehead atoms. The average Bonchev–Trinajstić information content (AvgIpc) is 3.57. The number of aromatic nitrogens is 1. The van der Waals surface area contributed by atoms with Crippen LogP contribution in [0.25, 0.3) is 10.8 Å². The maximum atomic E-state index is 13.3. The summed E-state index contributed by atoms with van der Waals surface area (Å²) in [6.07, 6.45) is 3.89. The molecule has 4 unspecified atom stereocenters. The van der Waals surface area contributed by atoms with Crippen molar-refractivity contribution in [3.63, 3.8) is 0 Å². The molecule has 7 rings (SSSR count). The van der Waals surface area contributed by atoms with Gasteiger partial charge in [-0.1, -0.05) is 75.8 Å². The van der Waals surface area contributed by atoms with E-state index in [0.29, 0.717) is 17.1 Å². The van der Waals surface area contributed by atoms with Crippen molar-refractivity contribution in [2.45, 2.75) is 42.0 Å². The van der Waals surface area contributed by atoms with Crippen molar-refractivity contribution in [2.24, 2.45) is 17.8 Å². The Labute approximate surface area is 226 Å². The zero-order valence-electron chi connectivity index (χ0n) is 19.5. The number of hydrogen-bond acceptors (Lipinski definition) is 4. The molecule has 2 heterocycles. The summed E-state index contributed by atoms with van der Waals surface area (Å²) in [5.74, 6) is 2.06. The van der Waals surface area contributed by atoms with E-state index in [1.807, 2.05) is 54.2 Å². The fourth-order valence-corrected chi connectivity index (χ4v) is 10.4. The van der Waals surface area contributed by atoms with E-state index in [1.54, 1.807) is 4.57 Å². The Bertz CT molecular complexity index is 1560. The average molecular weight is 578 g/mol. The van der Waals surface area contributed by atoms with E-state index in [1.165, 1.54) is 36.2 Å². The molecule has 0 saturated heterocycles. The number of benzene rings is 3. The second kappa shape index (κ2) is 8.89. The highest BCUT2D eigenvalue weighted by atomic mass is 79.9. The number of carbonyl (C=O) groups excluding carboxylic acids is 1. The Balaban J connectivity index is 1.25. The largest absolute Gasteiger partial charge is 0.324 e. The monoisotopic (exact) mass is 576 g/mol. The molecule has 5 atom stereocenters. The van der Waals surface area contributed by atoms with Crippen molar-refractivity contribution in [3.05, 3.63) is 91.3 Å². The minimum Gasteiger partial charge on any atom is -0.324 e. The van der Waals surface area contributed by atoms with E-state index in [2.05, 4.69) is 45.5 Å². The zero-order valence-corrected chi connectivity index (χ0v) is 22.7. The summed E-state index contributed by atoms with van der Waals surface area (Å²) in [7, 11) is 0. The first kappa shape index (κ1) is 22.8. The number of carbonyl (C=O) groups is 1. The number of hydrogen-bond donors (Lipinski definition) is 1. The van der Waals surface area contributed by atoms with Crippen molar-refractivity contribution >= 4 is 61.4 Å². The quantitative estimate of drug-likeness (QED) is 0.281. The van der Waals surface area contributed by atoms with Crippen LogP contribution in [0.15, 0.2) is 81.0 Å². The molecule has 1 aliphatic heterocycles. The normalized spacial score (nSPS) is 26.1. The van der Waals surface area contributed by atoms with Crippen LogP contribution in [-0.4, -0.2) is 15.7 Å². The van der Waals surface area contributed by atoms with Crippen LogP contribution in [0.5, 0.6) is 0 Å². The molecule has 36 heavy (non-hydrogen) atoms. The van der Waals surface area contributed by atoms with E-state index in [4.69, 9.17) is 0 Å². The minimum absolute atomic E-state index is 0.0344. The molecule has 3 aromatic carbocycles. The molecular weight excluding hydrogens is 552 g/mol. The summed E-state index contributed by atoms with van der Waals surface area (Å²) < 4.78 is 2.80. The lowest BCUT2D eigenvalue weighted by Crippen LogP contribution is -2.34. The number of anilines is 1. The predicted octanol–water partition coefficient (Wildman–Crippen LogP) is 7.12. The highest BCUT2D eigenvalue weighted by molar-refractivity contribution is 9.10. The number of thioether (sulfide) groups is 1. The smallest absolute Gasteiger partial charge is 0.308 e. The molecule has 1 N–H and O–H groups in total. The lowest BCUT2D eigenvalue weighted by Gasteiger charge is -2.40. The van der Waals surface area contributed by atoms with Gasteiger partial charge in [0.15, 0.2) is 0 Å². The molecule has 2 aliphatic carbocycles. The number of thiazole rings is 1. The number of amides is 1. The highest BCUT2D eigenvalue weighted by Gasteiger charge is 2.55. The van der Waals surface area contributed by atoms with Gasteiger partial charge >= 0.3 is 4.87 Å². The number of nitrogens with one attached hydrogen (secondary N) is 1. The van der Waals surface area contributed by atoms with Crippen LogP contribution in [0.4, 0.5) is 5.69 Å². The highest BCUT2D eigenvalue weighted by Crippen LogP contribution is 2.64. The zero-order chi connectivity index (χ0) is 24.4. The van der Waals surface area contributed by atoms with Gasteiger partial charge in [0.1, 0.15) is 6.54 Å². The van der Waals surface area contributed by atoms with Gasteiger partial charge in [-0.25, -0.2) is 0 Å². The maximum Gasteiger partial charge on any atom is 0.308 e. The molecule has 182 valence electrons. The Kier molecular flexibility index (Phi) is 5.64. The van der Waals surface area contributed by atoms with Crippen LogP contribution >= 0.6 is 39.0 Å². The molecule has 2 saturated carbocycles. The van der Waals surface area contributed by atoms with Gasteiger partial charge in [-0.05, 0) is 66.2 Å². The van der Waals surface area contributed by atoms with E-state index < -0.39 is 0 Å². The molecule has 4 aromatic rings. The second-order valence-electron chi connectivity index (χ2n) is 10.2. The van der Waals surface area contributed by atoms with E-state index in [9.17, 15) is 9.59 Å². The summed E-state index contributed by atoms with van der Waals surface area (Å²) >= 11 is 6.88. The molecule has 4 nitrogen and oxygen atoms in total. The number of halogens is 1. The molecule has 7 heteroatoms. The lowest BCUT2D eigenvalue weighted by atomic mass is 9.75. The van der Waals surface area contributed by atoms with Crippen LogP contribution in [-0.2, 0) is 11.3 Å². The molecule has 1 amide bonds. The topological polar surface area (TPSA) is 51.1 Å². The van der Waals surface area contributed by atoms with Crippen molar-refractivity contribution < 1.29 is 4.79 Å². The Hall–Kier alpha value is -2.35. The molecule has 3 aliphatic rings. The van der Waals surface area contributed by atoms with Crippen molar-refractivity contribution in [1.29, 1.82) is 0 Å². The molecule has 0 radical (unpaired) electrons. The number of rotatable bonds is 4. The van der Waals surface area contributed by atoms with Crippen LogP contribution < -0.4 is 10.2 Å². The number of fused-ring (bicyclic) bond motifs is 7. The van der Waals surface area contributed by atoms with Gasteiger partial charge in [-0.3, -0.25) is 14.2 Å². The van der Waals surface area contributed by atoms with Crippen molar-refractivity contribution in [1.82, 2.24) is 4.57 Å². The van der Waals surface area contributed by atoms with Gasteiger partial charge in [-0.2, -0.15) is 0 Å². The maximum absolute atomic E-state index is 13.3. The standard InChI is InChI=1S/C29H25BrN2O2S2/c30-20-8-3-7-17(14-20)25-24-18-11-12-19(13-18)26(24)35-28-27(25)36-29(34)32(28)15-23(33)31-22-10-4-6-16-5-1-2-9-21(16)22/h1-10,14,18-19,24-26H,11-13,15H2,(H,31,33)/t18?,19?,24?,25-,26?/m0/s1. The fraction of sp³-hybridized carbons (Fsp3) is 0.310. The van der Waals surface area contributed by atoms with Crippen molar-refractivity contribution in [2.75, 3.05) is 5.32 Å². The molecular formula is C29H25BrN2O2S2. The van der Waals surface area contributed by atoms with Gasteiger partial charge in [0.05, 0.1) is 5.03 Å². The van der Waals surface area contributed by atoms with Crippen LogP contribution in [0, 0.1) is 17.8 Å². The summed E-state index contributed by atoms with van der Waals surface area (Å²) in [5, 5.41) is 6.68. The summed E-state index contributed by atoms with van der Waals surface area (Å²) in [6, 6.07) is 22.5. The molecule has 1 aromatic heterocycles. The Morgan fingerprint density at radius 1 is 1.03 bits per heavy atom. The minimum atomic E-state index is -0.163. The van der Waals surface area contributed by atoms with E-state index in [-0.39, 0.29) is 23.2 Å². The van der Waals surface area contributed by atoms with Crippen LogP contribution in [0.2, 0.25) is 0 Å². The molecule has 2 fully saturated rings. The Morgan fingerprint density at radius 3 is 2.72 bits per heavy atom. The third-order valence-electron chi connectivity index (χ3n) is 8.26. The third kappa shape index (κ3) is 3.70. The summed E-state index contributed by atoms with van der Waals surface area (Å²) in [4.78, 5) is 27.7. The summed E-state index contributed by atoms with van der Waals surface area (Å²) in [6.45, 7) is 0.0393. The predicted molar refractivity (Wildman–Crippen MR) is 151 cm³/mol. The summed E-state index contributed by atoms with van der Waals surface area (Å²) in [5.41, 5.74) is 2.06. The third-order valence-corrected chi connectivity index (χ3v) is 11.6. The first-order valence-electron chi connectivity index (χ1n) is 12.5. The first-order valence-corrected chi connectivity index (χ1v) is 15.0. The van der Waals surface area contributed by atoms with Crippen LogP contribution in [0.1, 0.15) is 35.6 Å². The van der Waals surface area contributed by atoms with Gasteiger partial charge < -0.3 is 5.32 Å². The lowest BCUT2D eigenvalue weighted by molar-refractivity contribution is -0.116. The Morgan fingerprint density at radius 2 is 1.83 bits per heavy atom. The second-order valence-corrected chi connectivity index (χ2v) is 13.3. The van der Waals surface area contributed by atoms with Gasteiger partial charge in [0, 0.05) is 31.6 Å². The van der Waals surface area contributed by atoms with Gasteiger partial charge in [-0.15, -0.1) is 11.8 Å². The molecule has 0 spiro atoms. The van der Waals surface area contributed by atoms with Gasteiger partial charge in [0.25, 0.3) is 0 Å². The fourth-order valence-electron chi connectivity index (χ4n) is 6.83. The van der Waals surface area contributed by atoms with Crippen LogP contribution in [0.3, 0.4) is 0 Å². The van der Waals surface area contributed by atoms with E-state index in [0.717, 1.165) is 36.8 Å². The van der Waals surface area contributed by atoms with E-state index >= 15 is 0 Å². The first-order chi connectivity index (χ1) is 17.6. The van der Waals surface area contributed by atoms with Crippen molar-refractivity contribution in [3.8, 4) is 0 Å². The number of nitrogens with zero attached hydrogens (tertiary/aromatic N) is 1.